The molecule has 4 heterocycles. The van der Waals surface area contributed by atoms with Crippen LogP contribution in [0.4, 0.5) is 27.5 Å². The normalized spacial score (nSPS) is 23.3. The number of hydrogen-bond donors (Lipinski definition) is 3. The molecule has 3 saturated heterocycles. The van der Waals surface area contributed by atoms with Crippen LogP contribution >= 0.6 is 0 Å². The Morgan fingerprint density at radius 3 is 2.15 bits per heavy atom. The number of anilines is 3. The van der Waals surface area contributed by atoms with E-state index in [2.05, 4.69) is 22.1 Å². The van der Waals surface area contributed by atoms with E-state index in [9.17, 15) is 20.3 Å². The molecule has 79 heavy (non-hydrogen) atoms. The Morgan fingerprint density at radius 2 is 1.47 bits per heavy atom. The van der Waals surface area contributed by atoms with Gasteiger partial charge in [0.05, 0.1) is 48.4 Å². The van der Waals surface area contributed by atoms with Crippen molar-refractivity contribution >= 4 is 46.6 Å². The van der Waals surface area contributed by atoms with Crippen LogP contribution in [0.25, 0.3) is 0 Å². The molecule has 17 nitrogen and oxygen atoms in total. The lowest BCUT2D eigenvalue weighted by molar-refractivity contribution is -0.384. The van der Waals surface area contributed by atoms with Gasteiger partial charge in [0.1, 0.15) is 42.1 Å². The molecule has 11 rings (SSSR count). The molecule has 5 aliphatic rings. The van der Waals surface area contributed by atoms with E-state index >= 15 is 19.2 Å². The van der Waals surface area contributed by atoms with Gasteiger partial charge in [-0.05, 0) is 120 Å². The van der Waals surface area contributed by atoms with Crippen LogP contribution in [0.1, 0.15) is 90.1 Å². The number of non-ortho nitro benzene ring substituents is 1. The fraction of sp³-hybridized carbons (Fsp3) is 0.323. The molecule has 1 aliphatic carbocycles. The van der Waals surface area contributed by atoms with Gasteiger partial charge in [0.2, 0.25) is 11.8 Å². The molecule has 17 heteroatoms. The third-order valence-electron chi connectivity index (χ3n) is 15.8. The number of amides is 3. The number of carbonyl (C=O) groups is 4. The number of hydrogen-bond acceptors (Lipinski definition) is 14. The van der Waals surface area contributed by atoms with Gasteiger partial charge in [0.25, 0.3) is 5.69 Å². The summed E-state index contributed by atoms with van der Waals surface area (Å²) in [7, 11) is 0. The number of aliphatic hydroxyl groups excluding tert-OH is 1. The number of imide groups is 1. The Hall–Kier alpha value is -8.40. The minimum absolute atomic E-state index is 0.0619. The summed E-state index contributed by atoms with van der Waals surface area (Å²) in [4.78, 5) is 79.9. The third kappa shape index (κ3) is 10.2. The molecular weight excluding hydrogens is 1010 g/mol. The van der Waals surface area contributed by atoms with Gasteiger partial charge in [0.15, 0.2) is 0 Å². The van der Waals surface area contributed by atoms with Gasteiger partial charge in [-0.2, -0.15) is 0 Å². The van der Waals surface area contributed by atoms with Gasteiger partial charge in [-0.3, -0.25) is 29.4 Å². The van der Waals surface area contributed by atoms with E-state index in [0.717, 1.165) is 36.3 Å². The van der Waals surface area contributed by atoms with Crippen LogP contribution in [-0.4, -0.2) is 95.1 Å². The highest BCUT2D eigenvalue weighted by molar-refractivity contribution is 6.24. The van der Waals surface area contributed by atoms with Crippen LogP contribution in [0, 0.1) is 27.9 Å². The first-order chi connectivity index (χ1) is 38.5. The van der Waals surface area contributed by atoms with Crippen molar-refractivity contribution in [1.82, 2.24) is 4.90 Å². The summed E-state index contributed by atoms with van der Waals surface area (Å²) in [6.45, 7) is 1.72. The van der Waals surface area contributed by atoms with E-state index in [4.69, 9.17) is 18.9 Å². The van der Waals surface area contributed by atoms with Crippen LogP contribution in [0.3, 0.4) is 0 Å². The van der Waals surface area contributed by atoms with E-state index < -0.39 is 70.0 Å². The molecule has 6 aromatic rings. The number of ether oxygens (including phenoxy) is 4. The molecule has 3 N–H and O–H groups in total. The van der Waals surface area contributed by atoms with Crippen molar-refractivity contribution in [2.75, 3.05) is 54.6 Å². The van der Waals surface area contributed by atoms with Crippen molar-refractivity contribution in [1.29, 1.82) is 0 Å². The summed E-state index contributed by atoms with van der Waals surface area (Å²) in [5, 5.41) is 36.4. The number of benzene rings is 6. The van der Waals surface area contributed by atoms with Gasteiger partial charge < -0.3 is 39.4 Å². The number of fused-ring (bicyclic) bond motifs is 3. The van der Waals surface area contributed by atoms with Crippen molar-refractivity contribution in [2.45, 2.75) is 80.4 Å². The van der Waals surface area contributed by atoms with Gasteiger partial charge in [-0.15, -0.1) is 0 Å². The number of cyclic esters (lactones) is 1. The average molecular weight is 1070 g/mol. The zero-order chi connectivity index (χ0) is 54.7. The highest BCUT2D eigenvalue weighted by Crippen LogP contribution is 2.66. The summed E-state index contributed by atoms with van der Waals surface area (Å²) in [6.07, 6.45) is 2.35. The molecule has 0 radical (unpaired) electrons. The molecule has 4 aliphatic heterocycles. The standard InChI is InChI=1S/C62H59N5O12/c68-34-37-77-49-17-11-16-45(39-49)56-62(50-38-41(28-31-61(73)29-9-1-2-10-30-61)20-27-51(50)65(59(62)71)60(72)78-40-42-18-23-48(24-19-42)67(74)75)52(57(69)63-46-21-25-47(26-22-46)64-32-35-76-36-33-64)54-58(70)79-55(44-14-7-4-8-15-44)53(66(54)56)43-12-5-3-6-13-43/h3-8,11-27,38-39,52-56,68,73H,1-2,9-10,29-30,32-37,40H2,(H,63,69)/t52-,53-,54-,55+,56+,62-/m0/s1. The first-order valence-electron chi connectivity index (χ1n) is 26.8. The molecule has 0 aromatic heterocycles. The van der Waals surface area contributed by atoms with Crippen molar-refractivity contribution < 1.29 is 53.3 Å². The van der Waals surface area contributed by atoms with E-state index in [0.29, 0.717) is 78.4 Å². The van der Waals surface area contributed by atoms with Crippen molar-refractivity contribution in [2.24, 2.45) is 5.92 Å². The van der Waals surface area contributed by atoms with Crippen LogP contribution in [0.5, 0.6) is 5.75 Å². The van der Waals surface area contributed by atoms with Gasteiger partial charge in [-0.25, -0.2) is 9.69 Å². The smallest absolute Gasteiger partial charge is 0.421 e. The largest absolute Gasteiger partial charge is 0.491 e. The van der Waals surface area contributed by atoms with Gasteiger partial charge in [0, 0.05) is 42.2 Å². The molecule has 6 aromatic carbocycles. The lowest BCUT2D eigenvalue weighted by atomic mass is 9.65. The van der Waals surface area contributed by atoms with E-state index in [1.165, 1.54) is 24.3 Å². The van der Waals surface area contributed by atoms with E-state index in [1.54, 1.807) is 54.6 Å². The number of nitro groups is 1. The molecule has 0 unspecified atom stereocenters. The van der Waals surface area contributed by atoms with Gasteiger partial charge >= 0.3 is 12.1 Å². The zero-order valence-electron chi connectivity index (χ0n) is 43.3. The Bertz CT molecular complexity index is 3300. The molecule has 1 spiro atoms. The molecule has 404 valence electrons. The highest BCUT2D eigenvalue weighted by Gasteiger charge is 2.76. The molecule has 1 saturated carbocycles. The lowest BCUT2D eigenvalue weighted by Crippen LogP contribution is -2.54. The molecule has 4 fully saturated rings. The van der Waals surface area contributed by atoms with E-state index in [1.807, 2.05) is 77.7 Å². The maximum absolute atomic E-state index is 16.9. The van der Waals surface area contributed by atoms with E-state index in [-0.39, 0.29) is 36.8 Å². The Morgan fingerprint density at radius 1 is 0.785 bits per heavy atom. The maximum Gasteiger partial charge on any atom is 0.421 e. The van der Waals surface area contributed by atoms with Gasteiger partial charge in [-0.1, -0.05) is 97.5 Å². The third-order valence-corrected chi connectivity index (χ3v) is 15.8. The van der Waals surface area contributed by atoms with Crippen LogP contribution < -0.4 is 19.9 Å². The second-order valence-corrected chi connectivity index (χ2v) is 20.6. The van der Waals surface area contributed by atoms with Crippen molar-refractivity contribution in [3.05, 3.63) is 195 Å². The summed E-state index contributed by atoms with van der Waals surface area (Å²) < 4.78 is 24.2. The number of carbonyl (C=O) groups excluding carboxylic acids is 4. The predicted octanol–water partition coefficient (Wildman–Crippen LogP) is 8.88. The SMILES string of the molecule is O=C1O[C@H](c2ccccc2)[C@H](c2ccccc2)N2[C@H]1[C@@H](C(=O)Nc1ccc(N3CCOCC3)cc1)[C@]1(C(=O)N(C(=O)OCc3ccc([N+](=O)[O-])cc3)c3ccc(C#CC4(O)CCCCCC4)cc31)[C@H]2c1cccc(OCCO)c1. The second-order valence-electron chi connectivity index (χ2n) is 20.6. The minimum Gasteiger partial charge on any atom is -0.491 e. The first kappa shape index (κ1) is 52.6. The number of nitrogens with one attached hydrogen (secondary N) is 1. The Kier molecular flexibility index (Phi) is 15.0. The average Bonchev–Trinajstić information content (AvgIpc) is 2.26. The van der Waals surface area contributed by atoms with Crippen LogP contribution in [-0.2, 0) is 40.6 Å². The van der Waals surface area contributed by atoms with Crippen LogP contribution in [0.2, 0.25) is 0 Å². The van der Waals surface area contributed by atoms with Crippen LogP contribution in [0.15, 0.2) is 152 Å². The maximum atomic E-state index is 16.9. The molecule has 3 amide bonds. The predicted molar refractivity (Wildman–Crippen MR) is 292 cm³/mol. The Labute approximate surface area is 456 Å². The summed E-state index contributed by atoms with van der Waals surface area (Å²) in [5.74, 6) is 2.63. The summed E-state index contributed by atoms with van der Waals surface area (Å²) in [6, 6.07) is 39.6. The Balaban J connectivity index is 1.15. The quantitative estimate of drug-likeness (QED) is 0.0344. The lowest BCUT2D eigenvalue weighted by Gasteiger charge is -2.46. The zero-order valence-corrected chi connectivity index (χ0v) is 43.3. The fourth-order valence-electron chi connectivity index (χ4n) is 12.3. The summed E-state index contributed by atoms with van der Waals surface area (Å²) >= 11 is 0. The number of aliphatic hydroxyl groups is 2. The highest BCUT2D eigenvalue weighted by atomic mass is 16.6. The van der Waals surface area contributed by atoms with Crippen molar-refractivity contribution in [3.8, 4) is 17.6 Å². The second kappa shape index (κ2) is 22.5. The molecular formula is C62H59N5O12. The number of nitrogens with zero attached hydrogens (tertiary/aromatic N) is 4. The number of esters is 1. The first-order valence-corrected chi connectivity index (χ1v) is 26.8. The molecule has 6 atom stereocenters. The fourth-order valence-corrected chi connectivity index (χ4v) is 12.3. The van der Waals surface area contributed by atoms with Crippen molar-refractivity contribution in [3.63, 3.8) is 0 Å². The number of nitro benzene ring substituents is 1. The topological polar surface area (TPSA) is 211 Å². The minimum atomic E-state index is -2.20. The monoisotopic (exact) mass is 1070 g/mol. The molecule has 0 bridgehead atoms. The number of morpholine rings is 2. The number of rotatable bonds is 12. The summed E-state index contributed by atoms with van der Waals surface area (Å²) in [5.41, 5.74) is 0.412.